The van der Waals surface area contributed by atoms with Crippen LogP contribution in [0.2, 0.25) is 5.15 Å². The lowest BCUT2D eigenvalue weighted by Gasteiger charge is -2.16. The monoisotopic (exact) mass is 254 g/mol. The SMILES string of the molecule is Nc1ccc(Cl)nc1NCC(=O)N1CCCC1. The standard InChI is InChI=1S/C11H15ClN4O/c12-9-4-3-8(13)11(15-9)14-7-10(17)16-5-1-2-6-16/h3-4H,1-2,5-7,13H2,(H,14,15). The first-order valence-electron chi connectivity index (χ1n) is 5.60. The zero-order valence-electron chi connectivity index (χ0n) is 9.45. The molecule has 92 valence electrons. The maximum atomic E-state index is 11.8. The molecule has 3 N–H and O–H groups in total. The highest BCUT2D eigenvalue weighted by Crippen LogP contribution is 2.18. The van der Waals surface area contributed by atoms with Crippen LogP contribution < -0.4 is 11.1 Å². The van der Waals surface area contributed by atoms with Crippen molar-refractivity contribution in [1.29, 1.82) is 0 Å². The lowest BCUT2D eigenvalue weighted by molar-refractivity contribution is -0.128. The number of halogens is 1. The molecule has 1 fully saturated rings. The molecule has 0 aromatic carbocycles. The Morgan fingerprint density at radius 1 is 1.47 bits per heavy atom. The molecule has 1 aliphatic rings. The van der Waals surface area contributed by atoms with Crippen molar-refractivity contribution in [2.24, 2.45) is 0 Å². The normalized spacial score (nSPS) is 15.0. The number of aromatic nitrogens is 1. The summed E-state index contributed by atoms with van der Waals surface area (Å²) in [4.78, 5) is 17.6. The van der Waals surface area contributed by atoms with Gasteiger partial charge in [-0.25, -0.2) is 4.98 Å². The number of carbonyl (C=O) groups excluding carboxylic acids is 1. The summed E-state index contributed by atoms with van der Waals surface area (Å²) in [6.07, 6.45) is 2.17. The predicted molar refractivity (Wildman–Crippen MR) is 68.0 cm³/mol. The maximum Gasteiger partial charge on any atom is 0.241 e. The van der Waals surface area contributed by atoms with Gasteiger partial charge in [0, 0.05) is 13.1 Å². The van der Waals surface area contributed by atoms with Gasteiger partial charge in [-0.2, -0.15) is 0 Å². The second-order valence-corrected chi connectivity index (χ2v) is 4.40. The summed E-state index contributed by atoms with van der Waals surface area (Å²) in [7, 11) is 0. The van der Waals surface area contributed by atoms with Crippen LogP contribution in [0.4, 0.5) is 11.5 Å². The molecule has 2 heterocycles. The lowest BCUT2D eigenvalue weighted by atomic mass is 10.4. The summed E-state index contributed by atoms with van der Waals surface area (Å²) < 4.78 is 0. The Morgan fingerprint density at radius 2 is 2.18 bits per heavy atom. The Balaban J connectivity index is 1.92. The van der Waals surface area contributed by atoms with Crippen LogP contribution in [0.3, 0.4) is 0 Å². The van der Waals surface area contributed by atoms with Gasteiger partial charge in [0.05, 0.1) is 12.2 Å². The highest BCUT2D eigenvalue weighted by Gasteiger charge is 2.17. The van der Waals surface area contributed by atoms with E-state index in [0.29, 0.717) is 16.7 Å². The van der Waals surface area contributed by atoms with E-state index >= 15 is 0 Å². The van der Waals surface area contributed by atoms with Crippen LogP contribution in [-0.4, -0.2) is 35.4 Å². The second kappa shape index (κ2) is 5.23. The minimum Gasteiger partial charge on any atom is -0.396 e. The van der Waals surface area contributed by atoms with Gasteiger partial charge < -0.3 is 16.0 Å². The molecule has 1 aromatic rings. The van der Waals surface area contributed by atoms with E-state index in [1.807, 2.05) is 4.90 Å². The summed E-state index contributed by atoms with van der Waals surface area (Å²) in [5, 5.41) is 3.28. The van der Waals surface area contributed by atoms with E-state index in [1.54, 1.807) is 12.1 Å². The fraction of sp³-hybridized carbons (Fsp3) is 0.455. The minimum absolute atomic E-state index is 0.0728. The predicted octanol–water partition coefficient (Wildman–Crippen LogP) is 1.35. The number of nitrogens with one attached hydrogen (secondary N) is 1. The molecule has 1 amide bonds. The number of carbonyl (C=O) groups is 1. The topological polar surface area (TPSA) is 71.2 Å². The average molecular weight is 255 g/mol. The number of hydrogen-bond donors (Lipinski definition) is 2. The first kappa shape index (κ1) is 12.0. The minimum atomic E-state index is 0.0728. The lowest BCUT2D eigenvalue weighted by Crippen LogP contribution is -2.33. The third kappa shape index (κ3) is 3.00. The van der Waals surface area contributed by atoms with Gasteiger partial charge >= 0.3 is 0 Å². The molecule has 6 heteroatoms. The van der Waals surface area contributed by atoms with Crippen molar-refractivity contribution in [2.75, 3.05) is 30.7 Å². The molecule has 0 aliphatic carbocycles. The van der Waals surface area contributed by atoms with Gasteiger partial charge in [0.25, 0.3) is 0 Å². The molecule has 0 spiro atoms. The van der Waals surface area contributed by atoms with Gasteiger partial charge in [0.15, 0.2) is 5.82 Å². The zero-order chi connectivity index (χ0) is 12.3. The Labute approximate surface area is 105 Å². The number of anilines is 2. The van der Waals surface area contributed by atoms with Gasteiger partial charge in [-0.15, -0.1) is 0 Å². The number of nitrogens with zero attached hydrogens (tertiary/aromatic N) is 2. The quantitative estimate of drug-likeness (QED) is 0.799. The highest BCUT2D eigenvalue weighted by molar-refractivity contribution is 6.29. The Hall–Kier alpha value is -1.49. The molecule has 5 nitrogen and oxygen atoms in total. The third-order valence-corrected chi connectivity index (χ3v) is 2.97. The molecular formula is C11H15ClN4O. The molecule has 0 bridgehead atoms. The number of pyridine rings is 1. The van der Waals surface area contributed by atoms with Crippen LogP contribution in [0, 0.1) is 0 Å². The van der Waals surface area contributed by atoms with E-state index in [4.69, 9.17) is 17.3 Å². The largest absolute Gasteiger partial charge is 0.396 e. The van der Waals surface area contributed by atoms with Crippen LogP contribution in [0.5, 0.6) is 0 Å². The van der Waals surface area contributed by atoms with Crippen LogP contribution in [0.1, 0.15) is 12.8 Å². The highest BCUT2D eigenvalue weighted by atomic mass is 35.5. The first-order chi connectivity index (χ1) is 8.16. The van der Waals surface area contributed by atoms with E-state index in [1.165, 1.54) is 0 Å². The number of nitrogens with two attached hydrogens (primary N) is 1. The molecule has 0 radical (unpaired) electrons. The van der Waals surface area contributed by atoms with E-state index in [0.717, 1.165) is 25.9 Å². The van der Waals surface area contributed by atoms with Gasteiger partial charge in [-0.1, -0.05) is 11.6 Å². The summed E-state index contributed by atoms with van der Waals surface area (Å²) in [5.41, 5.74) is 6.21. The summed E-state index contributed by atoms with van der Waals surface area (Å²) in [6.45, 7) is 1.90. The van der Waals surface area contributed by atoms with Crippen molar-refractivity contribution in [1.82, 2.24) is 9.88 Å². The van der Waals surface area contributed by atoms with Crippen LogP contribution in [0.15, 0.2) is 12.1 Å². The first-order valence-corrected chi connectivity index (χ1v) is 5.98. The Kier molecular flexibility index (Phi) is 3.68. The van der Waals surface area contributed by atoms with Gasteiger partial charge in [0.1, 0.15) is 5.15 Å². The van der Waals surface area contributed by atoms with Crippen LogP contribution >= 0.6 is 11.6 Å². The Morgan fingerprint density at radius 3 is 2.88 bits per heavy atom. The fourth-order valence-electron chi connectivity index (χ4n) is 1.83. The molecule has 0 unspecified atom stereocenters. The van der Waals surface area contributed by atoms with Crippen molar-refractivity contribution in [3.8, 4) is 0 Å². The second-order valence-electron chi connectivity index (χ2n) is 4.01. The van der Waals surface area contributed by atoms with Crippen molar-refractivity contribution in [3.63, 3.8) is 0 Å². The molecule has 0 saturated carbocycles. The fourth-order valence-corrected chi connectivity index (χ4v) is 1.97. The number of nitrogen functional groups attached to an aromatic ring is 1. The van der Waals surface area contributed by atoms with Crippen molar-refractivity contribution >= 4 is 29.0 Å². The smallest absolute Gasteiger partial charge is 0.241 e. The number of rotatable bonds is 3. The molecule has 1 aromatic heterocycles. The zero-order valence-corrected chi connectivity index (χ0v) is 10.2. The van der Waals surface area contributed by atoms with Crippen molar-refractivity contribution in [3.05, 3.63) is 17.3 Å². The average Bonchev–Trinajstić information content (AvgIpc) is 2.83. The van der Waals surface area contributed by atoms with Gasteiger partial charge in [-0.3, -0.25) is 4.79 Å². The van der Waals surface area contributed by atoms with E-state index in [9.17, 15) is 4.79 Å². The Bertz CT molecular complexity index is 418. The molecule has 1 aliphatic heterocycles. The number of hydrogen-bond acceptors (Lipinski definition) is 4. The van der Waals surface area contributed by atoms with E-state index < -0.39 is 0 Å². The van der Waals surface area contributed by atoms with Crippen LogP contribution in [-0.2, 0) is 4.79 Å². The third-order valence-electron chi connectivity index (χ3n) is 2.76. The van der Waals surface area contributed by atoms with Crippen molar-refractivity contribution in [2.45, 2.75) is 12.8 Å². The van der Waals surface area contributed by atoms with E-state index in [2.05, 4.69) is 10.3 Å². The van der Waals surface area contributed by atoms with Crippen molar-refractivity contribution < 1.29 is 4.79 Å². The van der Waals surface area contributed by atoms with Gasteiger partial charge in [0.2, 0.25) is 5.91 Å². The molecule has 1 saturated heterocycles. The maximum absolute atomic E-state index is 11.8. The number of amides is 1. The molecule has 0 atom stereocenters. The number of likely N-dealkylation sites (tertiary alicyclic amines) is 1. The molecule has 2 rings (SSSR count). The molecule has 17 heavy (non-hydrogen) atoms. The van der Waals surface area contributed by atoms with Gasteiger partial charge in [-0.05, 0) is 25.0 Å². The molecular weight excluding hydrogens is 240 g/mol. The summed E-state index contributed by atoms with van der Waals surface area (Å²) in [5.74, 6) is 0.536. The van der Waals surface area contributed by atoms with E-state index in [-0.39, 0.29) is 12.5 Å². The summed E-state index contributed by atoms with van der Waals surface area (Å²) >= 11 is 5.76. The summed E-state index contributed by atoms with van der Waals surface area (Å²) in [6, 6.07) is 3.28. The van der Waals surface area contributed by atoms with Crippen LogP contribution in [0.25, 0.3) is 0 Å².